The molecule has 0 unspecified atom stereocenters. The fourth-order valence-electron chi connectivity index (χ4n) is 2.12. The van der Waals surface area contributed by atoms with Gasteiger partial charge >= 0.3 is 0 Å². The average molecular weight is 340 g/mol. The maximum absolute atomic E-state index is 12.3. The molecule has 1 amide bonds. The van der Waals surface area contributed by atoms with Crippen LogP contribution in [0.5, 0.6) is 5.75 Å². The first-order valence-corrected chi connectivity index (χ1v) is 8.44. The van der Waals surface area contributed by atoms with Crippen molar-refractivity contribution in [1.82, 2.24) is 15.0 Å². The molecule has 122 valence electrons. The quantitative estimate of drug-likeness (QED) is 0.722. The zero-order chi connectivity index (χ0) is 16.9. The Kier molecular flexibility index (Phi) is 4.81. The molecule has 24 heavy (non-hydrogen) atoms. The van der Waals surface area contributed by atoms with E-state index in [1.807, 2.05) is 54.8 Å². The monoisotopic (exact) mass is 340 g/mol. The summed E-state index contributed by atoms with van der Waals surface area (Å²) in [5.74, 6) is 0.406. The lowest BCUT2D eigenvalue weighted by Crippen LogP contribution is -2.12. The molecular weight excluding hydrogens is 324 g/mol. The first-order valence-electron chi connectivity index (χ1n) is 7.22. The van der Waals surface area contributed by atoms with Crippen LogP contribution in [0, 0.1) is 0 Å². The molecule has 0 aliphatic carbocycles. The van der Waals surface area contributed by atoms with E-state index in [-0.39, 0.29) is 11.6 Å². The molecule has 0 aliphatic rings. The van der Waals surface area contributed by atoms with Crippen molar-refractivity contribution in [2.24, 2.45) is 0 Å². The molecule has 0 fully saturated rings. The van der Waals surface area contributed by atoms with Crippen molar-refractivity contribution in [2.75, 3.05) is 18.7 Å². The number of methoxy groups -OCH3 is 1. The number of hydrogen-bond donors (Lipinski definition) is 1. The lowest BCUT2D eigenvalue weighted by molar-refractivity contribution is 0.102. The van der Waals surface area contributed by atoms with Gasteiger partial charge in [0.2, 0.25) is 0 Å². The number of carbonyl (C=O) groups excluding carboxylic acids is 1. The highest BCUT2D eigenvalue weighted by atomic mass is 32.2. The van der Waals surface area contributed by atoms with Crippen LogP contribution in [0.25, 0.3) is 5.69 Å². The van der Waals surface area contributed by atoms with Gasteiger partial charge in [-0.1, -0.05) is 11.3 Å². The van der Waals surface area contributed by atoms with E-state index in [9.17, 15) is 4.79 Å². The van der Waals surface area contributed by atoms with Gasteiger partial charge in [0.25, 0.3) is 5.91 Å². The Balaban J connectivity index is 1.75. The number of aromatic nitrogens is 3. The summed E-state index contributed by atoms with van der Waals surface area (Å²) in [6, 6.07) is 15.0. The summed E-state index contributed by atoms with van der Waals surface area (Å²) in [6.07, 6.45) is 3.59. The van der Waals surface area contributed by atoms with Crippen molar-refractivity contribution in [3.8, 4) is 11.4 Å². The summed E-state index contributed by atoms with van der Waals surface area (Å²) in [6.45, 7) is 0. The molecule has 0 aliphatic heterocycles. The van der Waals surface area contributed by atoms with Gasteiger partial charge in [-0.05, 0) is 42.7 Å². The second-order valence-corrected chi connectivity index (χ2v) is 5.81. The highest BCUT2D eigenvalue weighted by Crippen LogP contribution is 2.18. The minimum absolute atomic E-state index is 0.242. The van der Waals surface area contributed by atoms with E-state index in [1.165, 1.54) is 4.68 Å². The van der Waals surface area contributed by atoms with Crippen molar-refractivity contribution >= 4 is 23.4 Å². The third-order valence-electron chi connectivity index (χ3n) is 3.39. The number of amides is 1. The predicted octanol–water partition coefficient (Wildman–Crippen LogP) is 3.25. The Hall–Kier alpha value is -2.80. The van der Waals surface area contributed by atoms with E-state index in [0.717, 1.165) is 10.6 Å². The van der Waals surface area contributed by atoms with Gasteiger partial charge in [0, 0.05) is 16.6 Å². The number of benzene rings is 2. The van der Waals surface area contributed by atoms with Gasteiger partial charge in [-0.3, -0.25) is 4.79 Å². The Morgan fingerprint density at radius 2 is 2.00 bits per heavy atom. The van der Waals surface area contributed by atoms with E-state index < -0.39 is 0 Å². The van der Waals surface area contributed by atoms with Crippen LogP contribution in [-0.4, -0.2) is 34.3 Å². The standard InChI is InChI=1S/C17H16N4O2S/c1-23-14-5-3-4-13(10-14)21-11-16(19-20-21)17(22)18-12-6-8-15(24-2)9-7-12/h3-11H,1-2H3,(H,18,22). The highest BCUT2D eigenvalue weighted by Gasteiger charge is 2.12. The Morgan fingerprint density at radius 1 is 1.21 bits per heavy atom. The smallest absolute Gasteiger partial charge is 0.277 e. The number of carbonyl (C=O) groups is 1. The fraction of sp³-hybridized carbons (Fsp3) is 0.118. The van der Waals surface area contributed by atoms with Gasteiger partial charge in [0.15, 0.2) is 5.69 Å². The lowest BCUT2D eigenvalue weighted by atomic mass is 10.3. The van der Waals surface area contributed by atoms with Crippen molar-refractivity contribution < 1.29 is 9.53 Å². The summed E-state index contributed by atoms with van der Waals surface area (Å²) in [5, 5.41) is 10.7. The Morgan fingerprint density at radius 3 is 2.71 bits per heavy atom. The number of hydrogen-bond acceptors (Lipinski definition) is 5. The zero-order valence-corrected chi connectivity index (χ0v) is 14.1. The van der Waals surface area contributed by atoms with Crippen LogP contribution in [0.3, 0.4) is 0 Å². The first kappa shape index (κ1) is 16.1. The average Bonchev–Trinajstić information content (AvgIpc) is 3.13. The molecule has 2 aromatic carbocycles. The van der Waals surface area contributed by atoms with Gasteiger partial charge < -0.3 is 10.1 Å². The number of ether oxygens (including phenoxy) is 1. The van der Waals surface area contributed by atoms with Gasteiger partial charge in [-0.25, -0.2) is 4.68 Å². The topological polar surface area (TPSA) is 69.0 Å². The normalized spacial score (nSPS) is 10.4. The lowest BCUT2D eigenvalue weighted by Gasteiger charge is -2.04. The summed E-state index contributed by atoms with van der Waals surface area (Å²) >= 11 is 1.65. The highest BCUT2D eigenvalue weighted by molar-refractivity contribution is 7.98. The fourth-order valence-corrected chi connectivity index (χ4v) is 2.52. The van der Waals surface area contributed by atoms with Crippen molar-refractivity contribution in [2.45, 2.75) is 4.90 Å². The van der Waals surface area contributed by atoms with E-state index in [2.05, 4.69) is 15.6 Å². The van der Waals surface area contributed by atoms with Crippen LogP contribution >= 0.6 is 11.8 Å². The van der Waals surface area contributed by atoms with Crippen LogP contribution in [0.15, 0.2) is 59.6 Å². The first-order chi connectivity index (χ1) is 11.7. The summed E-state index contributed by atoms with van der Waals surface area (Å²) in [5.41, 5.74) is 1.73. The van der Waals surface area contributed by atoms with Crippen LogP contribution in [0.2, 0.25) is 0 Å². The molecule has 0 bridgehead atoms. The van der Waals surface area contributed by atoms with E-state index in [4.69, 9.17) is 4.74 Å². The third-order valence-corrected chi connectivity index (χ3v) is 4.14. The zero-order valence-electron chi connectivity index (χ0n) is 13.3. The third kappa shape index (κ3) is 3.57. The number of thioether (sulfide) groups is 1. The molecule has 0 saturated heterocycles. The van der Waals surface area contributed by atoms with E-state index in [0.29, 0.717) is 11.4 Å². The second-order valence-electron chi connectivity index (χ2n) is 4.93. The molecule has 0 radical (unpaired) electrons. The SMILES string of the molecule is COc1cccc(-n2cc(C(=O)Nc3ccc(SC)cc3)nn2)c1. The molecule has 1 aromatic heterocycles. The van der Waals surface area contributed by atoms with E-state index in [1.54, 1.807) is 25.1 Å². The maximum atomic E-state index is 12.3. The molecular formula is C17H16N4O2S. The molecule has 6 nitrogen and oxygen atoms in total. The van der Waals surface area contributed by atoms with Crippen LogP contribution in [0.4, 0.5) is 5.69 Å². The van der Waals surface area contributed by atoms with Gasteiger partial charge in [0.1, 0.15) is 5.75 Å². The molecule has 0 atom stereocenters. The predicted molar refractivity (Wildman–Crippen MR) is 94.1 cm³/mol. The Bertz CT molecular complexity index is 846. The van der Waals surface area contributed by atoms with Crippen molar-refractivity contribution in [3.63, 3.8) is 0 Å². The van der Waals surface area contributed by atoms with Crippen LogP contribution < -0.4 is 10.1 Å². The largest absolute Gasteiger partial charge is 0.497 e. The summed E-state index contributed by atoms with van der Waals surface area (Å²) < 4.78 is 6.72. The van der Waals surface area contributed by atoms with Crippen LogP contribution in [0.1, 0.15) is 10.5 Å². The minimum Gasteiger partial charge on any atom is -0.497 e. The second kappa shape index (κ2) is 7.18. The van der Waals surface area contributed by atoms with Gasteiger partial charge in [-0.15, -0.1) is 16.9 Å². The molecule has 3 rings (SSSR count). The molecule has 0 spiro atoms. The summed E-state index contributed by atoms with van der Waals surface area (Å²) in [7, 11) is 1.60. The maximum Gasteiger partial charge on any atom is 0.277 e. The molecule has 3 aromatic rings. The molecule has 0 saturated carbocycles. The number of nitrogens with zero attached hydrogens (tertiary/aromatic N) is 3. The van der Waals surface area contributed by atoms with Crippen LogP contribution in [-0.2, 0) is 0 Å². The van der Waals surface area contributed by atoms with E-state index >= 15 is 0 Å². The minimum atomic E-state index is -0.305. The molecule has 7 heteroatoms. The number of rotatable bonds is 5. The number of anilines is 1. The van der Waals surface area contributed by atoms with Gasteiger partial charge in [-0.2, -0.15) is 0 Å². The number of nitrogens with one attached hydrogen (secondary N) is 1. The summed E-state index contributed by atoms with van der Waals surface area (Å²) in [4.78, 5) is 13.4. The van der Waals surface area contributed by atoms with Crippen molar-refractivity contribution in [1.29, 1.82) is 0 Å². The van der Waals surface area contributed by atoms with Crippen molar-refractivity contribution in [3.05, 3.63) is 60.4 Å². The molecule has 1 N–H and O–H groups in total. The molecule has 1 heterocycles. The Labute approximate surface area is 143 Å². The van der Waals surface area contributed by atoms with Gasteiger partial charge in [0.05, 0.1) is 19.0 Å².